The fraction of sp³-hybridized carbons (Fsp3) is 0.471. The number of pyridine rings is 1. The van der Waals surface area contributed by atoms with Gasteiger partial charge in [-0.2, -0.15) is 4.73 Å². The molecule has 0 bridgehead atoms. The van der Waals surface area contributed by atoms with Gasteiger partial charge in [-0.1, -0.05) is 39.7 Å². The predicted octanol–water partition coefficient (Wildman–Crippen LogP) is 0.747. The third kappa shape index (κ3) is 3.76. The Morgan fingerprint density at radius 2 is 1.87 bits per heavy atom. The van der Waals surface area contributed by atoms with Gasteiger partial charge in [-0.15, -0.1) is 5.01 Å². The van der Waals surface area contributed by atoms with Crippen molar-refractivity contribution in [1.82, 2.24) is 4.73 Å². The van der Waals surface area contributed by atoms with Crippen LogP contribution in [-0.2, 0) is 10.2 Å². The molecule has 6 nitrogen and oxygen atoms in total. The van der Waals surface area contributed by atoms with Crippen LogP contribution in [0.4, 0.5) is 0 Å². The van der Waals surface area contributed by atoms with E-state index in [4.69, 9.17) is 0 Å². The summed E-state index contributed by atoms with van der Waals surface area (Å²) in [5, 5.41) is 14.1. The highest BCUT2D eigenvalue weighted by Gasteiger charge is 2.33. The average Bonchev–Trinajstić information content (AvgIpc) is 2.42. The van der Waals surface area contributed by atoms with Crippen LogP contribution < -0.4 is 10.6 Å². The molecule has 2 N–H and O–H groups in total. The number of quaternary nitrogens is 1. The zero-order valence-corrected chi connectivity index (χ0v) is 14.3. The second-order valence-electron chi connectivity index (χ2n) is 7.58. The monoisotopic (exact) mass is 318 g/mol. The largest absolute Gasteiger partial charge is 0.425 e. The lowest BCUT2D eigenvalue weighted by molar-refractivity contribution is -0.829. The summed E-state index contributed by atoms with van der Waals surface area (Å²) in [5.41, 5.74) is 0.615. The van der Waals surface area contributed by atoms with Crippen LogP contribution in [0.2, 0.25) is 0 Å². The predicted molar refractivity (Wildman–Crippen MR) is 87.8 cm³/mol. The van der Waals surface area contributed by atoms with Crippen LogP contribution in [0.25, 0.3) is 0 Å². The molecule has 1 amide bonds. The Hall–Kier alpha value is -2.21. The number of hydrogen-bond donors (Lipinski definition) is 2. The van der Waals surface area contributed by atoms with Crippen LogP contribution in [-0.4, -0.2) is 28.6 Å². The summed E-state index contributed by atoms with van der Waals surface area (Å²) >= 11 is 0. The number of amides is 1. The summed E-state index contributed by atoms with van der Waals surface area (Å²) in [6, 6.07) is 3.06. The number of carbonyl (C=O) groups is 1. The van der Waals surface area contributed by atoms with Crippen LogP contribution in [0.3, 0.4) is 0 Å². The van der Waals surface area contributed by atoms with E-state index in [0.29, 0.717) is 16.3 Å². The van der Waals surface area contributed by atoms with Gasteiger partial charge in [0.15, 0.2) is 0 Å². The van der Waals surface area contributed by atoms with Crippen molar-refractivity contribution >= 4 is 12.1 Å². The lowest BCUT2D eigenvalue weighted by Gasteiger charge is -2.28. The van der Waals surface area contributed by atoms with Crippen molar-refractivity contribution in [1.29, 1.82) is 0 Å². The van der Waals surface area contributed by atoms with Crippen LogP contribution in [0.1, 0.15) is 40.2 Å². The molecular weight excluding hydrogens is 294 g/mol. The Labute approximate surface area is 135 Å². The van der Waals surface area contributed by atoms with Crippen molar-refractivity contribution in [3.63, 3.8) is 0 Å². The summed E-state index contributed by atoms with van der Waals surface area (Å²) in [7, 11) is 0. The molecule has 0 saturated heterocycles. The fourth-order valence-electron chi connectivity index (χ4n) is 2.43. The summed E-state index contributed by atoms with van der Waals surface area (Å²) in [4.78, 5) is 23.9. The molecule has 0 radical (unpaired) electrons. The number of nitrogens with zero attached hydrogens (tertiary/aromatic N) is 2. The smallest absolute Gasteiger partial charge is 0.363 e. The minimum absolute atomic E-state index is 0.0824. The topological polar surface area (TPSA) is 76.1 Å². The van der Waals surface area contributed by atoms with Crippen molar-refractivity contribution < 1.29 is 15.0 Å². The maximum atomic E-state index is 12.3. The maximum Gasteiger partial charge on any atom is 0.363 e. The molecule has 1 aliphatic rings. The standard InChI is InChI=1S/C17H23N3O3/c1-16(2,3)13-9-14(21)19(18-10-13)11-17(4,5)12-6-7-20(23)15(22)8-12/h6-10,23H,11H2,1-5H3/p+1. The third-order valence-corrected chi connectivity index (χ3v) is 4.09. The maximum absolute atomic E-state index is 12.3. The molecule has 0 aliphatic carbocycles. The van der Waals surface area contributed by atoms with E-state index in [9.17, 15) is 14.8 Å². The van der Waals surface area contributed by atoms with Gasteiger partial charge < -0.3 is 5.21 Å². The van der Waals surface area contributed by atoms with Gasteiger partial charge >= 0.3 is 5.91 Å². The Balaban J connectivity index is 2.21. The molecule has 1 aliphatic heterocycles. The first kappa shape index (κ1) is 17.1. The van der Waals surface area contributed by atoms with E-state index in [1.165, 1.54) is 12.3 Å². The van der Waals surface area contributed by atoms with Gasteiger partial charge in [-0.25, -0.2) is 4.79 Å². The summed E-state index contributed by atoms with van der Waals surface area (Å²) < 4.78 is 0.537. The van der Waals surface area contributed by atoms with Crippen LogP contribution >= 0.6 is 0 Å². The van der Waals surface area contributed by atoms with Gasteiger partial charge in [0, 0.05) is 17.7 Å². The van der Waals surface area contributed by atoms with Crippen LogP contribution in [0.5, 0.6) is 0 Å². The summed E-state index contributed by atoms with van der Waals surface area (Å²) in [6.07, 6.45) is 4.70. The molecule has 1 unspecified atom stereocenters. The highest BCUT2D eigenvalue weighted by molar-refractivity contribution is 5.93. The van der Waals surface area contributed by atoms with Gasteiger partial charge in [0.05, 0.1) is 12.3 Å². The molecule has 2 rings (SSSR count). The van der Waals surface area contributed by atoms with E-state index in [1.807, 2.05) is 34.6 Å². The Kier molecular flexibility index (Phi) is 4.30. The number of aromatic nitrogens is 1. The van der Waals surface area contributed by atoms with E-state index in [-0.39, 0.29) is 11.3 Å². The number of nitrogens with one attached hydrogen (secondary N) is 1. The van der Waals surface area contributed by atoms with E-state index < -0.39 is 11.0 Å². The molecular formula is C17H24N3O3+. The second kappa shape index (κ2) is 5.77. The molecule has 0 spiro atoms. The molecule has 0 saturated carbocycles. The Morgan fingerprint density at radius 3 is 2.39 bits per heavy atom. The van der Waals surface area contributed by atoms with Crippen molar-refractivity contribution in [2.24, 2.45) is 10.5 Å². The summed E-state index contributed by atoms with van der Waals surface area (Å²) in [5.74, 6) is -0.0824. The molecule has 1 aromatic rings. The van der Waals surface area contributed by atoms with Crippen molar-refractivity contribution in [2.45, 2.75) is 40.0 Å². The van der Waals surface area contributed by atoms with Gasteiger partial charge in [-0.05, 0) is 22.6 Å². The highest BCUT2D eigenvalue weighted by atomic mass is 16.5. The van der Waals surface area contributed by atoms with E-state index in [0.717, 1.165) is 11.1 Å². The van der Waals surface area contributed by atoms with Crippen LogP contribution in [0, 0.1) is 5.41 Å². The summed E-state index contributed by atoms with van der Waals surface area (Å²) in [6.45, 7) is 10.4. The fourth-order valence-corrected chi connectivity index (χ4v) is 2.43. The Morgan fingerprint density at radius 1 is 1.22 bits per heavy atom. The van der Waals surface area contributed by atoms with Gasteiger partial charge in [0.2, 0.25) is 0 Å². The minimum atomic E-state index is -0.492. The number of allylic oxidation sites excluding steroid dienone is 1. The normalized spacial score (nSPS) is 18.9. The molecule has 0 aromatic carbocycles. The first-order valence-corrected chi connectivity index (χ1v) is 7.59. The number of hydrogen-bond acceptors (Lipinski definition) is 4. The quantitative estimate of drug-likeness (QED) is 0.807. The number of rotatable bonds is 3. The molecule has 124 valence electrons. The molecule has 6 heteroatoms. The molecule has 1 atom stereocenters. The molecule has 0 fully saturated rings. The second-order valence-corrected chi connectivity index (χ2v) is 7.58. The van der Waals surface area contributed by atoms with E-state index in [1.54, 1.807) is 18.4 Å². The lowest BCUT2D eigenvalue weighted by Crippen LogP contribution is -3.12. The number of carbonyl (C=O) groups excluding carboxylic acids is 1. The third-order valence-electron chi connectivity index (χ3n) is 4.09. The van der Waals surface area contributed by atoms with Crippen molar-refractivity contribution in [3.8, 4) is 0 Å². The van der Waals surface area contributed by atoms with Gasteiger partial charge in [-0.3, -0.25) is 4.79 Å². The van der Waals surface area contributed by atoms with Crippen molar-refractivity contribution in [3.05, 3.63) is 45.9 Å². The highest BCUT2D eigenvalue weighted by Crippen LogP contribution is 2.24. The first-order chi connectivity index (χ1) is 10.5. The molecule has 1 aromatic heterocycles. The van der Waals surface area contributed by atoms with Gasteiger partial charge in [0.1, 0.15) is 6.54 Å². The van der Waals surface area contributed by atoms with Crippen molar-refractivity contribution in [2.75, 3.05) is 6.54 Å². The average molecular weight is 318 g/mol. The zero-order chi connectivity index (χ0) is 17.4. The Bertz CT molecular complexity index is 736. The lowest BCUT2D eigenvalue weighted by atomic mass is 9.84. The van der Waals surface area contributed by atoms with E-state index >= 15 is 0 Å². The van der Waals surface area contributed by atoms with Gasteiger partial charge in [0.25, 0.3) is 5.56 Å². The SMILES string of the molecule is CC(C)(C)C1=CC(=O)[NH+](CC(C)(C)c2ccn(O)c(=O)c2)N=C1. The first-order valence-electron chi connectivity index (χ1n) is 7.59. The molecule has 23 heavy (non-hydrogen) atoms. The van der Waals surface area contributed by atoms with E-state index in [2.05, 4.69) is 5.10 Å². The van der Waals surface area contributed by atoms with Crippen LogP contribution in [0.15, 0.2) is 39.9 Å². The minimum Gasteiger partial charge on any atom is -0.425 e. The zero-order valence-electron chi connectivity index (χ0n) is 14.3. The molecule has 2 heterocycles.